The highest BCUT2D eigenvalue weighted by Gasteiger charge is 2.22. The second-order valence-corrected chi connectivity index (χ2v) is 6.25. The Morgan fingerprint density at radius 2 is 1.78 bits per heavy atom. The molecule has 0 aromatic heterocycles. The summed E-state index contributed by atoms with van der Waals surface area (Å²) in [5.74, 6) is -0.137. The minimum atomic E-state index is -0.876. The zero-order chi connectivity index (χ0) is 17.5. The molecule has 1 aromatic carbocycles. The van der Waals surface area contributed by atoms with Crippen LogP contribution in [0.4, 0.5) is 4.79 Å². The average molecular weight is 323 g/mol. The summed E-state index contributed by atoms with van der Waals surface area (Å²) in [5.41, 5.74) is 0.328. The van der Waals surface area contributed by atoms with Gasteiger partial charge in [-0.1, -0.05) is 12.1 Å². The van der Waals surface area contributed by atoms with Crippen molar-refractivity contribution >= 4 is 12.1 Å². The summed E-state index contributed by atoms with van der Waals surface area (Å²) in [4.78, 5) is 24.5. The van der Waals surface area contributed by atoms with Crippen molar-refractivity contribution in [1.82, 2.24) is 4.90 Å². The molecular formula is C17H25NO5. The van der Waals surface area contributed by atoms with Gasteiger partial charge < -0.3 is 19.5 Å². The Balaban J connectivity index is 2.75. The van der Waals surface area contributed by atoms with Crippen molar-refractivity contribution in [2.45, 2.75) is 45.8 Å². The number of rotatable bonds is 7. The van der Waals surface area contributed by atoms with Gasteiger partial charge in [0.05, 0.1) is 7.11 Å². The zero-order valence-corrected chi connectivity index (χ0v) is 14.2. The third-order valence-corrected chi connectivity index (χ3v) is 3.00. The number of carbonyl (C=O) groups is 2. The summed E-state index contributed by atoms with van der Waals surface area (Å²) in [6, 6.07) is 7.38. The van der Waals surface area contributed by atoms with E-state index in [0.717, 1.165) is 11.3 Å². The van der Waals surface area contributed by atoms with Gasteiger partial charge in [0.1, 0.15) is 11.4 Å². The number of hydrogen-bond acceptors (Lipinski definition) is 4. The van der Waals surface area contributed by atoms with Crippen molar-refractivity contribution in [2.75, 3.05) is 13.7 Å². The lowest BCUT2D eigenvalue weighted by atomic mass is 10.2. The van der Waals surface area contributed by atoms with E-state index in [2.05, 4.69) is 0 Å². The van der Waals surface area contributed by atoms with Crippen LogP contribution in [0.3, 0.4) is 0 Å². The van der Waals surface area contributed by atoms with Gasteiger partial charge in [-0.2, -0.15) is 0 Å². The Morgan fingerprint density at radius 1 is 1.17 bits per heavy atom. The zero-order valence-electron chi connectivity index (χ0n) is 14.2. The Hall–Kier alpha value is -2.24. The van der Waals surface area contributed by atoms with Crippen LogP contribution in [0.15, 0.2) is 24.3 Å². The van der Waals surface area contributed by atoms with Crippen molar-refractivity contribution in [2.24, 2.45) is 0 Å². The monoisotopic (exact) mass is 323 g/mol. The van der Waals surface area contributed by atoms with Gasteiger partial charge in [-0.15, -0.1) is 0 Å². The number of benzene rings is 1. The number of carbonyl (C=O) groups excluding carboxylic acids is 1. The highest BCUT2D eigenvalue weighted by molar-refractivity contribution is 5.69. The van der Waals surface area contributed by atoms with Gasteiger partial charge in [0, 0.05) is 19.5 Å². The Kier molecular flexibility index (Phi) is 6.88. The first-order valence-electron chi connectivity index (χ1n) is 7.54. The molecule has 1 rings (SSSR count). The van der Waals surface area contributed by atoms with E-state index in [1.54, 1.807) is 27.9 Å². The third-order valence-electron chi connectivity index (χ3n) is 3.00. The molecule has 0 aliphatic heterocycles. The first kappa shape index (κ1) is 18.8. The summed E-state index contributed by atoms with van der Waals surface area (Å²) in [6.07, 6.45) is -0.0502. The van der Waals surface area contributed by atoms with Gasteiger partial charge in [0.25, 0.3) is 0 Å². The standard InChI is InChI=1S/C17H25NO5/c1-17(2,3)23-16(21)18(11-5-6-15(19)20)12-13-7-9-14(22-4)10-8-13/h7-10H,5-6,11-12H2,1-4H3,(H,19,20). The molecule has 128 valence electrons. The predicted molar refractivity (Wildman–Crippen MR) is 86.5 cm³/mol. The van der Waals surface area contributed by atoms with Crippen molar-refractivity contribution in [3.8, 4) is 5.75 Å². The molecule has 0 aliphatic carbocycles. The van der Waals surface area contributed by atoms with E-state index in [1.165, 1.54) is 4.90 Å². The van der Waals surface area contributed by atoms with Crippen LogP contribution in [0.2, 0.25) is 0 Å². The second-order valence-electron chi connectivity index (χ2n) is 6.25. The number of amides is 1. The second kappa shape index (κ2) is 8.41. The fourth-order valence-electron chi connectivity index (χ4n) is 1.93. The van der Waals surface area contributed by atoms with E-state index >= 15 is 0 Å². The molecule has 0 radical (unpaired) electrons. The Bertz CT molecular complexity index is 519. The van der Waals surface area contributed by atoms with E-state index in [0.29, 0.717) is 19.5 Å². The summed E-state index contributed by atoms with van der Waals surface area (Å²) >= 11 is 0. The smallest absolute Gasteiger partial charge is 0.410 e. The summed E-state index contributed by atoms with van der Waals surface area (Å²) in [5, 5.41) is 8.75. The highest BCUT2D eigenvalue weighted by atomic mass is 16.6. The van der Waals surface area contributed by atoms with Crippen LogP contribution in [-0.4, -0.2) is 41.3 Å². The van der Waals surface area contributed by atoms with Crippen LogP contribution in [0.25, 0.3) is 0 Å². The molecule has 6 heteroatoms. The van der Waals surface area contributed by atoms with Crippen LogP contribution in [0.5, 0.6) is 5.75 Å². The molecule has 1 N–H and O–H groups in total. The van der Waals surface area contributed by atoms with E-state index in [-0.39, 0.29) is 6.42 Å². The summed E-state index contributed by atoms with van der Waals surface area (Å²) in [6.45, 7) is 6.08. The van der Waals surface area contributed by atoms with Crippen LogP contribution in [-0.2, 0) is 16.1 Å². The van der Waals surface area contributed by atoms with Gasteiger partial charge in [0.2, 0.25) is 0 Å². The van der Waals surface area contributed by atoms with Gasteiger partial charge in [0.15, 0.2) is 0 Å². The molecule has 0 unspecified atom stereocenters. The van der Waals surface area contributed by atoms with Crippen LogP contribution >= 0.6 is 0 Å². The Labute approximate surface area is 137 Å². The van der Waals surface area contributed by atoms with E-state index in [4.69, 9.17) is 14.6 Å². The largest absolute Gasteiger partial charge is 0.497 e. The number of methoxy groups -OCH3 is 1. The molecular weight excluding hydrogens is 298 g/mol. The molecule has 0 saturated carbocycles. The molecule has 0 spiro atoms. The molecule has 0 atom stereocenters. The summed E-state index contributed by atoms with van der Waals surface area (Å²) < 4.78 is 10.5. The van der Waals surface area contributed by atoms with Crippen molar-refractivity contribution in [1.29, 1.82) is 0 Å². The lowest BCUT2D eigenvalue weighted by Gasteiger charge is -2.27. The van der Waals surface area contributed by atoms with Gasteiger partial charge in [-0.3, -0.25) is 4.79 Å². The number of aliphatic carboxylic acids is 1. The molecule has 23 heavy (non-hydrogen) atoms. The van der Waals surface area contributed by atoms with E-state index in [1.807, 2.05) is 24.3 Å². The van der Waals surface area contributed by atoms with Crippen LogP contribution < -0.4 is 4.74 Å². The minimum Gasteiger partial charge on any atom is -0.497 e. The summed E-state index contributed by atoms with van der Waals surface area (Å²) in [7, 11) is 1.59. The maximum absolute atomic E-state index is 12.3. The number of nitrogens with zero attached hydrogens (tertiary/aromatic N) is 1. The molecule has 0 heterocycles. The van der Waals surface area contributed by atoms with E-state index < -0.39 is 17.7 Å². The molecule has 0 aliphatic rings. The number of carboxylic acids is 1. The molecule has 0 fully saturated rings. The van der Waals surface area contributed by atoms with Crippen LogP contribution in [0.1, 0.15) is 39.2 Å². The van der Waals surface area contributed by atoms with Crippen molar-refractivity contribution in [3.63, 3.8) is 0 Å². The molecule has 0 bridgehead atoms. The number of carboxylic acid groups (broad SMARTS) is 1. The van der Waals surface area contributed by atoms with Gasteiger partial charge in [-0.05, 0) is 44.9 Å². The fourth-order valence-corrected chi connectivity index (χ4v) is 1.93. The van der Waals surface area contributed by atoms with Crippen molar-refractivity contribution < 1.29 is 24.2 Å². The quantitative estimate of drug-likeness (QED) is 0.833. The topological polar surface area (TPSA) is 76.1 Å². The molecule has 6 nitrogen and oxygen atoms in total. The SMILES string of the molecule is COc1ccc(CN(CCCC(=O)O)C(=O)OC(C)(C)C)cc1. The average Bonchev–Trinajstić information content (AvgIpc) is 2.44. The van der Waals surface area contributed by atoms with Crippen molar-refractivity contribution in [3.05, 3.63) is 29.8 Å². The first-order chi connectivity index (χ1) is 10.7. The number of hydrogen-bond donors (Lipinski definition) is 1. The Morgan fingerprint density at radius 3 is 2.26 bits per heavy atom. The molecule has 0 saturated heterocycles. The van der Waals surface area contributed by atoms with Gasteiger partial charge in [-0.25, -0.2) is 4.79 Å². The lowest BCUT2D eigenvalue weighted by Crippen LogP contribution is -2.37. The fraction of sp³-hybridized carbons (Fsp3) is 0.529. The highest BCUT2D eigenvalue weighted by Crippen LogP contribution is 2.16. The van der Waals surface area contributed by atoms with Crippen LogP contribution in [0, 0.1) is 0 Å². The minimum absolute atomic E-state index is 0.0158. The maximum atomic E-state index is 12.3. The lowest BCUT2D eigenvalue weighted by molar-refractivity contribution is -0.137. The predicted octanol–water partition coefficient (Wildman–Crippen LogP) is 3.30. The van der Waals surface area contributed by atoms with Gasteiger partial charge >= 0.3 is 12.1 Å². The molecule has 1 aromatic rings. The number of ether oxygens (including phenoxy) is 2. The van der Waals surface area contributed by atoms with E-state index in [9.17, 15) is 9.59 Å². The maximum Gasteiger partial charge on any atom is 0.410 e. The normalized spacial score (nSPS) is 11.0. The molecule has 1 amide bonds. The first-order valence-corrected chi connectivity index (χ1v) is 7.54. The third kappa shape index (κ3) is 7.54.